The van der Waals surface area contributed by atoms with E-state index in [-0.39, 0.29) is 65.0 Å². The molecule has 0 saturated carbocycles. The van der Waals surface area contributed by atoms with Gasteiger partial charge in [0, 0.05) is 18.1 Å². The molecule has 0 saturated heterocycles. The third-order valence-electron chi connectivity index (χ3n) is 8.26. The Morgan fingerprint density at radius 3 is 2.16 bits per heavy atom. The Morgan fingerprint density at radius 1 is 0.909 bits per heavy atom. The average molecular weight is 642 g/mol. The summed E-state index contributed by atoms with van der Waals surface area (Å²) in [5.41, 5.74) is 2.15. The largest absolute Gasteiger partial charge is 1.00 e. The van der Waals surface area contributed by atoms with Crippen molar-refractivity contribution in [2.24, 2.45) is 4.99 Å². The van der Waals surface area contributed by atoms with Crippen LogP contribution in [0.3, 0.4) is 0 Å². The van der Waals surface area contributed by atoms with Crippen molar-refractivity contribution in [2.75, 3.05) is 19.8 Å². The predicted octanol–water partition coefficient (Wildman–Crippen LogP) is 4.54. The smallest absolute Gasteiger partial charge is 0.859 e. The first-order chi connectivity index (χ1) is 20.2. The van der Waals surface area contributed by atoms with Crippen molar-refractivity contribution < 1.29 is 61.8 Å². The van der Waals surface area contributed by atoms with Crippen LogP contribution < -0.4 is 44.1 Å². The summed E-state index contributed by atoms with van der Waals surface area (Å²) in [5, 5.41) is 13.6. The zero-order valence-corrected chi connectivity index (χ0v) is 31.2. The first-order valence-electron chi connectivity index (χ1n) is 15.6. The zero-order chi connectivity index (χ0) is 32.3. The molecule has 0 amide bonds. The van der Waals surface area contributed by atoms with Gasteiger partial charge in [-0.15, -0.1) is 0 Å². The first-order valence-corrected chi connectivity index (χ1v) is 17.0. The van der Waals surface area contributed by atoms with Crippen LogP contribution in [0.5, 0.6) is 11.5 Å². The molecule has 242 valence electrons. The molecule has 0 bridgehead atoms. The Hall–Kier alpha value is -1.62. The van der Waals surface area contributed by atoms with Gasteiger partial charge in [0.2, 0.25) is 0 Å². The van der Waals surface area contributed by atoms with Crippen LogP contribution in [0, 0.1) is 0 Å². The molecule has 2 aromatic rings. The number of rotatable bonds is 19. The maximum Gasteiger partial charge on any atom is 1.00 e. The minimum absolute atomic E-state index is 0. The molecule has 44 heavy (non-hydrogen) atoms. The van der Waals surface area contributed by atoms with E-state index in [0.717, 1.165) is 50.2 Å². The molecule has 1 atom stereocenters. The molecule has 10 heteroatoms. The molecule has 0 aromatic heterocycles. The second-order valence-electron chi connectivity index (χ2n) is 12.2. The third-order valence-corrected chi connectivity index (χ3v) is 9.13. The van der Waals surface area contributed by atoms with Crippen molar-refractivity contribution in [3.05, 3.63) is 47.5 Å². The van der Waals surface area contributed by atoms with Crippen molar-refractivity contribution >= 4 is 21.7 Å². The molecule has 1 N–H and O–H groups in total. The minimum Gasteiger partial charge on any atom is -0.859 e. The topological polar surface area (TPSA) is 117 Å². The van der Waals surface area contributed by atoms with Gasteiger partial charge in [-0.25, -0.2) is 0 Å². The van der Waals surface area contributed by atoms with Gasteiger partial charge in [0.1, 0.15) is 29.1 Å². The van der Waals surface area contributed by atoms with Gasteiger partial charge in [0.05, 0.1) is 12.3 Å². The second kappa shape index (κ2) is 18.5. The molecular formula is C34H52NNaO7S. The van der Waals surface area contributed by atoms with Crippen LogP contribution in [0.2, 0.25) is 0 Å². The van der Waals surface area contributed by atoms with Crippen molar-refractivity contribution in [1.82, 2.24) is 0 Å². The Labute approximate surface area is 288 Å². The van der Waals surface area contributed by atoms with Crippen LogP contribution in [0.25, 0.3) is 0 Å². The maximum atomic E-state index is 13.6. The van der Waals surface area contributed by atoms with Gasteiger partial charge in [-0.1, -0.05) is 79.9 Å². The molecule has 2 rings (SSSR count). The SMILES string of the molecule is CCCCCCC(Oc1ccc(C(C)(C)CC)cc1C(C)(C)CC)C([O-])=Nc1ccc(OCCOCC)c(S(=O)(=O)O)c1.[Na+]. The fourth-order valence-electron chi connectivity index (χ4n) is 4.56. The molecule has 0 radical (unpaired) electrons. The average Bonchev–Trinajstić information content (AvgIpc) is 2.96. The Morgan fingerprint density at radius 2 is 1.57 bits per heavy atom. The van der Waals surface area contributed by atoms with E-state index in [1.54, 1.807) is 0 Å². The van der Waals surface area contributed by atoms with Crippen LogP contribution in [0.15, 0.2) is 46.3 Å². The molecule has 0 aliphatic rings. The number of hydrogen-bond acceptors (Lipinski definition) is 7. The molecule has 0 heterocycles. The Bertz CT molecular complexity index is 1310. The summed E-state index contributed by atoms with van der Waals surface area (Å²) in [6.45, 7) is 17.9. The van der Waals surface area contributed by atoms with Crippen LogP contribution in [-0.2, 0) is 25.7 Å². The predicted molar refractivity (Wildman–Crippen MR) is 172 cm³/mol. The van der Waals surface area contributed by atoms with Gasteiger partial charge in [0.15, 0.2) is 0 Å². The Balaban J connectivity index is 0.00000968. The summed E-state index contributed by atoms with van der Waals surface area (Å²) in [7, 11) is -4.64. The number of benzene rings is 2. The van der Waals surface area contributed by atoms with E-state index in [1.807, 2.05) is 13.0 Å². The van der Waals surface area contributed by atoms with Gasteiger partial charge >= 0.3 is 29.6 Å². The zero-order valence-electron chi connectivity index (χ0n) is 28.4. The van der Waals surface area contributed by atoms with E-state index in [1.165, 1.54) is 17.7 Å². The summed E-state index contributed by atoms with van der Waals surface area (Å²) in [4.78, 5) is 3.78. The summed E-state index contributed by atoms with van der Waals surface area (Å²) >= 11 is 0. The van der Waals surface area contributed by atoms with E-state index in [0.29, 0.717) is 18.8 Å². The van der Waals surface area contributed by atoms with Gasteiger partial charge in [-0.2, -0.15) is 8.42 Å². The quantitative estimate of drug-likeness (QED) is 0.0787. The van der Waals surface area contributed by atoms with E-state index in [2.05, 4.69) is 65.6 Å². The fourth-order valence-corrected chi connectivity index (χ4v) is 5.21. The summed E-state index contributed by atoms with van der Waals surface area (Å²) in [5.74, 6) is 0.103. The number of unbranched alkanes of at least 4 members (excludes halogenated alkanes) is 3. The van der Waals surface area contributed by atoms with Crippen molar-refractivity contribution in [2.45, 2.75) is 122 Å². The number of aliphatic imine (C=N–C) groups is 1. The van der Waals surface area contributed by atoms with Crippen LogP contribution in [0.1, 0.15) is 111 Å². The molecule has 1 unspecified atom stereocenters. The van der Waals surface area contributed by atoms with Crippen LogP contribution >= 0.6 is 0 Å². The normalized spacial score (nSPS) is 13.3. The van der Waals surface area contributed by atoms with E-state index < -0.39 is 27.0 Å². The second-order valence-corrected chi connectivity index (χ2v) is 13.6. The van der Waals surface area contributed by atoms with Gasteiger partial charge in [-0.05, 0) is 73.3 Å². The van der Waals surface area contributed by atoms with Gasteiger partial charge in [0.25, 0.3) is 10.1 Å². The van der Waals surface area contributed by atoms with Crippen molar-refractivity contribution in [1.29, 1.82) is 0 Å². The van der Waals surface area contributed by atoms with Gasteiger partial charge in [-0.3, -0.25) is 9.55 Å². The van der Waals surface area contributed by atoms with E-state index in [4.69, 9.17) is 14.2 Å². The van der Waals surface area contributed by atoms with E-state index in [9.17, 15) is 18.1 Å². The van der Waals surface area contributed by atoms with E-state index >= 15 is 0 Å². The molecule has 0 aliphatic heterocycles. The molecule has 0 aliphatic carbocycles. The van der Waals surface area contributed by atoms with Crippen LogP contribution in [-0.4, -0.2) is 44.8 Å². The third kappa shape index (κ3) is 12.0. The summed E-state index contributed by atoms with van der Waals surface area (Å²) in [6.07, 6.45) is 5.34. The van der Waals surface area contributed by atoms with Crippen LogP contribution in [0.4, 0.5) is 5.69 Å². The molecular weight excluding hydrogens is 589 g/mol. The number of hydrogen-bond donors (Lipinski definition) is 1. The maximum absolute atomic E-state index is 13.6. The summed E-state index contributed by atoms with van der Waals surface area (Å²) in [6, 6.07) is 10.3. The monoisotopic (exact) mass is 641 g/mol. The van der Waals surface area contributed by atoms with Gasteiger partial charge < -0.3 is 19.3 Å². The molecule has 8 nitrogen and oxygen atoms in total. The molecule has 0 spiro atoms. The minimum atomic E-state index is -4.64. The standard InChI is InChI=1S/C34H53NO7S.Na/c1-9-13-14-15-16-30(42-28-19-17-25(33(5,6)10-2)23-27(28)34(7,8)11-3)32(36)35-26-18-20-29(41-22-21-40-12-4)31(24-26)43(37,38)39;/h17-20,23-24,30H,9-16,21-22H2,1-8H3,(H,35,36)(H,37,38,39);/q;+1/p-1. The Kier molecular flexibility index (Phi) is 17.0. The first kappa shape index (κ1) is 40.4. The summed E-state index contributed by atoms with van der Waals surface area (Å²) < 4.78 is 51.3. The van der Waals surface area contributed by atoms with Crippen molar-refractivity contribution in [3.63, 3.8) is 0 Å². The molecule has 0 fully saturated rings. The number of ether oxygens (including phenoxy) is 3. The van der Waals surface area contributed by atoms with Crippen molar-refractivity contribution in [3.8, 4) is 11.5 Å². The fraction of sp³-hybridized carbons (Fsp3) is 0.618. The number of nitrogens with zero attached hydrogens (tertiary/aromatic N) is 1. The molecule has 2 aromatic carbocycles.